The lowest BCUT2D eigenvalue weighted by Gasteiger charge is -2.23. The minimum Gasteiger partial charge on any atom is -0.355 e. The quantitative estimate of drug-likeness (QED) is 0.145. The van der Waals surface area contributed by atoms with Gasteiger partial charge in [0.05, 0.1) is 5.69 Å². The van der Waals surface area contributed by atoms with Gasteiger partial charge in [0.15, 0.2) is 17.5 Å². The van der Waals surface area contributed by atoms with E-state index in [0.29, 0.717) is 35.3 Å². The second kappa shape index (κ2) is 14.9. The van der Waals surface area contributed by atoms with E-state index in [-0.39, 0.29) is 5.92 Å². The SMILES string of the molecule is N=C(c1cc2ccccc2cc1Nc1ccccc1)C1C=CC=C(c2cccc(-c3cccc(-c4nc(-c5ccccc5)nc(-c5ccncc5)n4)n3)c2)C1. The molecule has 2 N–H and O–H groups in total. The van der Waals surface area contributed by atoms with E-state index < -0.39 is 0 Å². The molecule has 0 bridgehead atoms. The first-order valence-electron chi connectivity index (χ1n) is 18.3. The first-order chi connectivity index (χ1) is 27.1. The third-order valence-electron chi connectivity index (χ3n) is 9.79. The average Bonchev–Trinajstić information content (AvgIpc) is 3.27. The van der Waals surface area contributed by atoms with Gasteiger partial charge in [-0.3, -0.25) is 4.98 Å². The highest BCUT2D eigenvalue weighted by molar-refractivity contribution is 6.10. The Morgan fingerprint density at radius 2 is 1.16 bits per heavy atom. The van der Waals surface area contributed by atoms with E-state index in [0.717, 1.165) is 55.7 Å². The molecular weight excluding hydrogens is 675 g/mol. The number of benzene rings is 5. The highest BCUT2D eigenvalue weighted by Crippen LogP contribution is 2.35. The van der Waals surface area contributed by atoms with Gasteiger partial charge < -0.3 is 10.7 Å². The lowest BCUT2D eigenvalue weighted by atomic mass is 9.83. The van der Waals surface area contributed by atoms with Gasteiger partial charge in [-0.15, -0.1) is 0 Å². The Balaban J connectivity index is 1.01. The number of aromatic nitrogens is 5. The third-order valence-corrected chi connectivity index (χ3v) is 9.79. The first-order valence-corrected chi connectivity index (χ1v) is 18.3. The molecule has 1 aliphatic rings. The maximum Gasteiger partial charge on any atom is 0.182 e. The number of pyridine rings is 2. The lowest BCUT2D eigenvalue weighted by Crippen LogP contribution is -2.16. The summed E-state index contributed by atoms with van der Waals surface area (Å²) in [6.45, 7) is 0. The van der Waals surface area contributed by atoms with Crippen LogP contribution in [0.4, 0.5) is 11.4 Å². The summed E-state index contributed by atoms with van der Waals surface area (Å²) in [6.07, 6.45) is 10.6. The molecule has 0 amide bonds. The summed E-state index contributed by atoms with van der Waals surface area (Å²) in [5.41, 5.74) is 9.86. The third kappa shape index (κ3) is 7.19. The van der Waals surface area contributed by atoms with Crippen molar-refractivity contribution in [2.75, 3.05) is 5.32 Å². The average molecular weight is 710 g/mol. The van der Waals surface area contributed by atoms with Crippen molar-refractivity contribution in [2.45, 2.75) is 6.42 Å². The molecule has 262 valence electrons. The van der Waals surface area contributed by atoms with Crippen LogP contribution < -0.4 is 5.32 Å². The number of allylic oxidation sites excluding steroid dienone is 4. The molecular formula is C48H35N7. The van der Waals surface area contributed by atoms with Crippen molar-refractivity contribution in [3.8, 4) is 45.6 Å². The standard InChI is InChI=1S/C48H35N7/c49-45(41-30-36-14-7-8-15-37(36)31-44(41)51-40-20-5-2-6-21-40)39-19-10-17-35(29-39)34-16-9-18-38(28-34)42-22-11-23-43(52-42)48-54-46(32-12-3-1-4-13-32)53-47(55-48)33-24-26-50-27-25-33/h1-28,30-31,39,49,51H,29H2. The molecule has 7 nitrogen and oxygen atoms in total. The fourth-order valence-electron chi connectivity index (χ4n) is 6.97. The van der Waals surface area contributed by atoms with Gasteiger partial charge in [0.1, 0.15) is 5.69 Å². The van der Waals surface area contributed by atoms with Crippen LogP contribution in [0.1, 0.15) is 17.5 Å². The summed E-state index contributed by atoms with van der Waals surface area (Å²) in [5, 5.41) is 15.4. The fourth-order valence-corrected chi connectivity index (χ4v) is 6.97. The molecule has 7 heteroatoms. The monoisotopic (exact) mass is 709 g/mol. The maximum absolute atomic E-state index is 9.53. The molecule has 1 unspecified atom stereocenters. The van der Waals surface area contributed by atoms with Crippen molar-refractivity contribution in [1.82, 2.24) is 24.9 Å². The molecule has 9 rings (SSSR count). The number of para-hydroxylation sites is 1. The predicted octanol–water partition coefficient (Wildman–Crippen LogP) is 11.3. The molecule has 0 spiro atoms. The highest BCUT2D eigenvalue weighted by atomic mass is 15.0. The zero-order chi connectivity index (χ0) is 37.0. The van der Waals surface area contributed by atoms with Gasteiger partial charge in [0.25, 0.3) is 0 Å². The van der Waals surface area contributed by atoms with E-state index in [9.17, 15) is 5.41 Å². The van der Waals surface area contributed by atoms with E-state index in [1.807, 2.05) is 97.1 Å². The molecule has 55 heavy (non-hydrogen) atoms. The summed E-state index contributed by atoms with van der Waals surface area (Å²) in [6, 6.07) is 50.9. The van der Waals surface area contributed by atoms with E-state index in [1.54, 1.807) is 12.4 Å². The Morgan fingerprint density at radius 3 is 1.95 bits per heavy atom. The van der Waals surface area contributed by atoms with Crippen LogP contribution in [0.3, 0.4) is 0 Å². The summed E-state index contributed by atoms with van der Waals surface area (Å²) < 4.78 is 0. The van der Waals surface area contributed by atoms with E-state index in [2.05, 4.69) is 83.1 Å². The first kappa shape index (κ1) is 33.5. The molecule has 3 heterocycles. The topological polar surface area (TPSA) is 100 Å². The van der Waals surface area contributed by atoms with Gasteiger partial charge in [-0.2, -0.15) is 0 Å². The zero-order valence-corrected chi connectivity index (χ0v) is 29.8. The number of rotatable bonds is 9. The predicted molar refractivity (Wildman–Crippen MR) is 223 cm³/mol. The largest absolute Gasteiger partial charge is 0.355 e. The van der Waals surface area contributed by atoms with Crippen molar-refractivity contribution in [3.05, 3.63) is 193 Å². The van der Waals surface area contributed by atoms with Crippen LogP contribution >= 0.6 is 0 Å². The van der Waals surface area contributed by atoms with Crippen LogP contribution in [-0.4, -0.2) is 30.6 Å². The van der Waals surface area contributed by atoms with E-state index in [1.165, 1.54) is 5.57 Å². The van der Waals surface area contributed by atoms with E-state index in [4.69, 9.17) is 19.9 Å². The van der Waals surface area contributed by atoms with E-state index >= 15 is 0 Å². The summed E-state index contributed by atoms with van der Waals surface area (Å²) in [7, 11) is 0. The van der Waals surface area contributed by atoms with Gasteiger partial charge in [0, 0.05) is 57.7 Å². The van der Waals surface area contributed by atoms with Crippen molar-refractivity contribution >= 4 is 33.4 Å². The Morgan fingerprint density at radius 1 is 0.545 bits per heavy atom. The molecule has 5 aromatic carbocycles. The normalized spacial score (nSPS) is 13.7. The molecule has 1 atom stereocenters. The van der Waals surface area contributed by atoms with Crippen molar-refractivity contribution < 1.29 is 0 Å². The Kier molecular flexibility index (Phi) is 9.08. The van der Waals surface area contributed by atoms with Gasteiger partial charge in [-0.25, -0.2) is 19.9 Å². The smallest absolute Gasteiger partial charge is 0.182 e. The van der Waals surface area contributed by atoms with Crippen molar-refractivity contribution in [2.24, 2.45) is 5.92 Å². The Hall–Kier alpha value is -7.38. The van der Waals surface area contributed by atoms with Crippen molar-refractivity contribution in [3.63, 3.8) is 0 Å². The number of hydrogen-bond donors (Lipinski definition) is 2. The number of hydrogen-bond acceptors (Lipinski definition) is 7. The minimum atomic E-state index is -0.0974. The molecule has 0 radical (unpaired) electrons. The minimum absolute atomic E-state index is 0.0974. The summed E-state index contributed by atoms with van der Waals surface area (Å²) in [4.78, 5) is 23.8. The van der Waals surface area contributed by atoms with Crippen LogP contribution in [0.15, 0.2) is 182 Å². The molecule has 8 aromatic rings. The van der Waals surface area contributed by atoms with Crippen LogP contribution in [0, 0.1) is 11.3 Å². The van der Waals surface area contributed by atoms with Gasteiger partial charge in [0.2, 0.25) is 0 Å². The zero-order valence-electron chi connectivity index (χ0n) is 29.8. The number of nitrogens with one attached hydrogen (secondary N) is 2. The van der Waals surface area contributed by atoms with Gasteiger partial charge >= 0.3 is 0 Å². The number of nitrogens with zero attached hydrogens (tertiary/aromatic N) is 5. The molecule has 3 aromatic heterocycles. The second-order valence-corrected chi connectivity index (χ2v) is 13.4. The summed E-state index contributed by atoms with van der Waals surface area (Å²) >= 11 is 0. The molecule has 0 fully saturated rings. The van der Waals surface area contributed by atoms with Gasteiger partial charge in [-0.05, 0) is 82.9 Å². The molecule has 0 aliphatic heterocycles. The number of fused-ring (bicyclic) bond motifs is 1. The fraction of sp³-hybridized carbons (Fsp3) is 0.0417. The summed E-state index contributed by atoms with van der Waals surface area (Å²) in [5.74, 6) is 1.54. The number of anilines is 2. The van der Waals surface area contributed by atoms with Crippen LogP contribution in [0.2, 0.25) is 0 Å². The Labute approximate surface area is 319 Å². The highest BCUT2D eigenvalue weighted by Gasteiger charge is 2.22. The lowest BCUT2D eigenvalue weighted by molar-refractivity contribution is 0.878. The molecule has 0 saturated carbocycles. The van der Waals surface area contributed by atoms with Crippen molar-refractivity contribution in [1.29, 1.82) is 5.41 Å². The molecule has 1 aliphatic carbocycles. The molecule has 0 saturated heterocycles. The Bertz CT molecular complexity index is 2670. The van der Waals surface area contributed by atoms with Crippen LogP contribution in [0.5, 0.6) is 0 Å². The second-order valence-electron chi connectivity index (χ2n) is 13.4. The maximum atomic E-state index is 9.53. The van der Waals surface area contributed by atoms with Crippen LogP contribution in [-0.2, 0) is 0 Å². The van der Waals surface area contributed by atoms with Gasteiger partial charge in [-0.1, -0.05) is 115 Å². The van der Waals surface area contributed by atoms with Crippen LogP contribution in [0.25, 0.3) is 61.9 Å².